The van der Waals surface area contributed by atoms with E-state index in [1.807, 2.05) is 32.0 Å². The summed E-state index contributed by atoms with van der Waals surface area (Å²) in [5.74, 6) is 1.07. The first kappa shape index (κ1) is 18.8. The molecule has 1 aliphatic carbocycles. The van der Waals surface area contributed by atoms with Gasteiger partial charge in [0.25, 0.3) is 0 Å². The molecule has 22 heavy (non-hydrogen) atoms. The van der Waals surface area contributed by atoms with Crippen molar-refractivity contribution in [1.29, 1.82) is 0 Å². The molecule has 4 nitrogen and oxygen atoms in total. The van der Waals surface area contributed by atoms with E-state index in [4.69, 9.17) is 10.5 Å². The molecule has 124 valence electrons. The number of aryl methyl sites for hydroxylation is 1. The maximum Gasteiger partial charge on any atom is 0.224 e. The van der Waals surface area contributed by atoms with E-state index in [1.54, 1.807) is 0 Å². The fourth-order valence-electron chi connectivity index (χ4n) is 2.94. The highest BCUT2D eigenvalue weighted by Crippen LogP contribution is 2.28. The molecule has 0 bridgehead atoms. The standard InChI is InChI=1S/C17H26N2O2.ClH/c1-3-21-16-10-12(2)8-9-15(16)19-17(20)11-13-6-4-5-7-14(13)18;/h8-10,13-14H,3-7,11,18H2,1-2H3,(H,19,20);1H. The van der Waals surface area contributed by atoms with Crippen LogP contribution >= 0.6 is 12.4 Å². The average molecular weight is 327 g/mol. The maximum absolute atomic E-state index is 12.2. The van der Waals surface area contributed by atoms with Gasteiger partial charge < -0.3 is 15.8 Å². The molecule has 1 aliphatic rings. The van der Waals surface area contributed by atoms with Gasteiger partial charge in [0, 0.05) is 12.5 Å². The van der Waals surface area contributed by atoms with Crippen molar-refractivity contribution in [3.63, 3.8) is 0 Å². The molecule has 0 spiro atoms. The Bertz CT molecular complexity index is 494. The summed E-state index contributed by atoms with van der Waals surface area (Å²) in [4.78, 5) is 12.2. The van der Waals surface area contributed by atoms with E-state index in [0.29, 0.717) is 18.9 Å². The summed E-state index contributed by atoms with van der Waals surface area (Å²) >= 11 is 0. The van der Waals surface area contributed by atoms with Crippen molar-refractivity contribution in [2.45, 2.75) is 52.0 Å². The van der Waals surface area contributed by atoms with Gasteiger partial charge in [0.15, 0.2) is 0 Å². The molecular formula is C17H27ClN2O2. The number of nitrogens with one attached hydrogen (secondary N) is 1. The molecule has 0 saturated heterocycles. The van der Waals surface area contributed by atoms with E-state index in [9.17, 15) is 4.79 Å². The number of carbonyl (C=O) groups is 1. The minimum absolute atomic E-state index is 0. The Labute approximate surface area is 139 Å². The molecule has 2 atom stereocenters. The number of anilines is 1. The van der Waals surface area contributed by atoms with E-state index in [2.05, 4.69) is 5.32 Å². The van der Waals surface area contributed by atoms with E-state index < -0.39 is 0 Å². The van der Waals surface area contributed by atoms with Crippen LogP contribution in [0.4, 0.5) is 5.69 Å². The Morgan fingerprint density at radius 3 is 2.77 bits per heavy atom. The van der Waals surface area contributed by atoms with Crippen LogP contribution in [0, 0.1) is 12.8 Å². The molecule has 1 fully saturated rings. The lowest BCUT2D eigenvalue weighted by Gasteiger charge is -2.28. The average Bonchev–Trinajstić information content (AvgIpc) is 2.45. The summed E-state index contributed by atoms with van der Waals surface area (Å²) in [6, 6.07) is 5.99. The molecule has 1 aromatic carbocycles. The Morgan fingerprint density at radius 2 is 2.09 bits per heavy atom. The van der Waals surface area contributed by atoms with E-state index >= 15 is 0 Å². The zero-order valence-electron chi connectivity index (χ0n) is 13.4. The van der Waals surface area contributed by atoms with Crippen LogP contribution in [0.3, 0.4) is 0 Å². The van der Waals surface area contributed by atoms with Gasteiger partial charge in [0.05, 0.1) is 12.3 Å². The van der Waals surface area contributed by atoms with Crippen molar-refractivity contribution in [3.05, 3.63) is 23.8 Å². The van der Waals surface area contributed by atoms with Crippen molar-refractivity contribution < 1.29 is 9.53 Å². The number of ether oxygens (including phenoxy) is 1. The highest BCUT2D eigenvalue weighted by atomic mass is 35.5. The molecule has 0 heterocycles. The molecule has 1 amide bonds. The summed E-state index contributed by atoms with van der Waals surface area (Å²) in [6.45, 7) is 4.53. The number of nitrogens with two attached hydrogens (primary N) is 1. The number of carbonyl (C=O) groups excluding carboxylic acids is 1. The molecule has 1 aromatic rings. The Balaban J connectivity index is 0.00000242. The van der Waals surface area contributed by atoms with Crippen LogP contribution in [0.2, 0.25) is 0 Å². The molecule has 0 aliphatic heterocycles. The van der Waals surface area contributed by atoms with Crippen molar-refractivity contribution in [1.82, 2.24) is 0 Å². The predicted molar refractivity (Wildman–Crippen MR) is 92.8 cm³/mol. The number of halogens is 1. The minimum Gasteiger partial charge on any atom is -0.492 e. The third kappa shape index (κ3) is 5.18. The third-order valence-electron chi connectivity index (χ3n) is 4.13. The molecule has 2 rings (SSSR count). The molecule has 5 heteroatoms. The van der Waals surface area contributed by atoms with E-state index in [1.165, 1.54) is 12.8 Å². The lowest BCUT2D eigenvalue weighted by atomic mass is 9.83. The summed E-state index contributed by atoms with van der Waals surface area (Å²) in [5.41, 5.74) is 7.98. The fourth-order valence-corrected chi connectivity index (χ4v) is 2.94. The van der Waals surface area contributed by atoms with Crippen LogP contribution < -0.4 is 15.8 Å². The van der Waals surface area contributed by atoms with Gasteiger partial charge in [-0.2, -0.15) is 0 Å². The summed E-state index contributed by atoms with van der Waals surface area (Å²) < 4.78 is 5.59. The van der Waals surface area contributed by atoms with Crippen LogP contribution in [0.5, 0.6) is 5.75 Å². The second-order valence-corrected chi connectivity index (χ2v) is 5.89. The second kappa shape index (κ2) is 9.01. The Morgan fingerprint density at radius 1 is 1.36 bits per heavy atom. The van der Waals surface area contributed by atoms with Crippen molar-refractivity contribution in [2.75, 3.05) is 11.9 Å². The number of amides is 1. The van der Waals surface area contributed by atoms with Gasteiger partial charge in [-0.25, -0.2) is 0 Å². The van der Waals surface area contributed by atoms with Crippen molar-refractivity contribution in [3.8, 4) is 5.75 Å². The second-order valence-electron chi connectivity index (χ2n) is 5.89. The van der Waals surface area contributed by atoms with E-state index in [0.717, 1.165) is 29.8 Å². The van der Waals surface area contributed by atoms with E-state index in [-0.39, 0.29) is 24.4 Å². The maximum atomic E-state index is 12.2. The van der Waals surface area contributed by atoms with Gasteiger partial charge in [-0.3, -0.25) is 4.79 Å². The molecule has 0 aromatic heterocycles. The SMILES string of the molecule is CCOc1cc(C)ccc1NC(=O)CC1CCCCC1N.Cl. The van der Waals surface area contributed by atoms with Crippen LogP contribution in [0.25, 0.3) is 0 Å². The van der Waals surface area contributed by atoms with Crippen molar-refractivity contribution in [2.24, 2.45) is 11.7 Å². The quantitative estimate of drug-likeness (QED) is 0.867. The zero-order chi connectivity index (χ0) is 15.2. The number of benzene rings is 1. The zero-order valence-corrected chi connectivity index (χ0v) is 14.2. The van der Waals surface area contributed by atoms with Crippen LogP contribution in [-0.2, 0) is 4.79 Å². The van der Waals surface area contributed by atoms with Gasteiger partial charge in [-0.05, 0) is 50.3 Å². The van der Waals surface area contributed by atoms with Gasteiger partial charge >= 0.3 is 0 Å². The summed E-state index contributed by atoms with van der Waals surface area (Å²) in [5, 5.41) is 2.97. The van der Waals surface area contributed by atoms with Crippen molar-refractivity contribution >= 4 is 24.0 Å². The highest BCUT2D eigenvalue weighted by molar-refractivity contribution is 5.92. The monoisotopic (exact) mass is 326 g/mol. The smallest absolute Gasteiger partial charge is 0.224 e. The van der Waals surface area contributed by atoms with Crippen LogP contribution in [-0.4, -0.2) is 18.6 Å². The first-order chi connectivity index (χ1) is 10.1. The van der Waals surface area contributed by atoms with Crippen LogP contribution in [0.15, 0.2) is 18.2 Å². The van der Waals surface area contributed by atoms with Gasteiger partial charge in [0.2, 0.25) is 5.91 Å². The normalized spacial score (nSPS) is 20.9. The Kier molecular flexibility index (Phi) is 7.69. The summed E-state index contributed by atoms with van der Waals surface area (Å²) in [6.07, 6.45) is 4.96. The molecule has 1 saturated carbocycles. The largest absolute Gasteiger partial charge is 0.492 e. The Hall–Kier alpha value is -1.26. The number of hydrogen-bond acceptors (Lipinski definition) is 3. The predicted octanol–water partition coefficient (Wildman–Crippen LogP) is 3.66. The first-order valence-corrected chi connectivity index (χ1v) is 7.89. The molecule has 2 unspecified atom stereocenters. The van der Waals surface area contributed by atoms with Crippen LogP contribution in [0.1, 0.15) is 44.6 Å². The lowest BCUT2D eigenvalue weighted by Crippen LogP contribution is -2.35. The highest BCUT2D eigenvalue weighted by Gasteiger charge is 2.24. The summed E-state index contributed by atoms with van der Waals surface area (Å²) in [7, 11) is 0. The fraction of sp³-hybridized carbons (Fsp3) is 0.588. The minimum atomic E-state index is 0. The topological polar surface area (TPSA) is 64.3 Å². The molecule has 3 N–H and O–H groups in total. The number of hydrogen-bond donors (Lipinski definition) is 2. The third-order valence-corrected chi connectivity index (χ3v) is 4.13. The van der Waals surface area contributed by atoms with Gasteiger partial charge in [-0.1, -0.05) is 18.9 Å². The van der Waals surface area contributed by atoms with Gasteiger partial charge in [-0.15, -0.1) is 12.4 Å². The lowest BCUT2D eigenvalue weighted by molar-refractivity contribution is -0.117. The molecular weight excluding hydrogens is 300 g/mol. The number of rotatable bonds is 5. The first-order valence-electron chi connectivity index (χ1n) is 7.89. The molecule has 0 radical (unpaired) electrons. The van der Waals surface area contributed by atoms with Gasteiger partial charge in [0.1, 0.15) is 5.75 Å².